The molecule has 6 atom stereocenters. The van der Waals surface area contributed by atoms with E-state index in [1.54, 1.807) is 12.1 Å². The van der Waals surface area contributed by atoms with E-state index in [-0.39, 0.29) is 41.6 Å². The molecule has 2 saturated carbocycles. The molecule has 0 amide bonds. The normalized spacial score (nSPS) is 33.1. The summed E-state index contributed by atoms with van der Waals surface area (Å²) in [5, 5.41) is 20.1. The summed E-state index contributed by atoms with van der Waals surface area (Å²) >= 11 is 0. The summed E-state index contributed by atoms with van der Waals surface area (Å²) in [5.74, 6) is 0.457. The molecular weight excluding hydrogens is 495 g/mol. The van der Waals surface area contributed by atoms with Crippen LogP contribution in [0.15, 0.2) is 30.4 Å². The molecule has 6 nitrogen and oxygen atoms in total. The van der Waals surface area contributed by atoms with Gasteiger partial charge in [-0.25, -0.2) is 0 Å². The van der Waals surface area contributed by atoms with Gasteiger partial charge in [-0.1, -0.05) is 31.6 Å². The highest BCUT2D eigenvalue weighted by Gasteiger charge is 2.60. The van der Waals surface area contributed by atoms with Crippen molar-refractivity contribution in [3.63, 3.8) is 0 Å². The Morgan fingerprint density at radius 3 is 2.64 bits per heavy atom. The summed E-state index contributed by atoms with van der Waals surface area (Å²) in [6, 6.07) is 5.37. The molecule has 4 N–H and O–H groups in total. The van der Waals surface area contributed by atoms with E-state index in [1.165, 1.54) is 0 Å². The van der Waals surface area contributed by atoms with Crippen LogP contribution in [0.2, 0.25) is 0 Å². The number of unbranched alkanes of at least 4 members (excludes halogenated alkanes) is 2. The van der Waals surface area contributed by atoms with Crippen molar-refractivity contribution in [2.24, 2.45) is 16.7 Å². The van der Waals surface area contributed by atoms with E-state index in [0.717, 1.165) is 49.7 Å². The molecule has 3 aliphatic rings. The third-order valence-electron chi connectivity index (χ3n) is 9.05. The van der Waals surface area contributed by atoms with Crippen molar-refractivity contribution in [3.05, 3.63) is 41.5 Å². The average Bonchev–Trinajstić information content (AvgIpc) is 3.09. The van der Waals surface area contributed by atoms with Crippen molar-refractivity contribution in [3.8, 4) is 0 Å². The van der Waals surface area contributed by atoms with Gasteiger partial charge in [-0.15, -0.1) is 0 Å². The summed E-state index contributed by atoms with van der Waals surface area (Å²) in [6.45, 7) is 2.17. The molecule has 3 unspecified atom stereocenters. The monoisotopic (exact) mass is 531 g/mol. The van der Waals surface area contributed by atoms with Gasteiger partial charge in [0.15, 0.2) is 0 Å². The van der Waals surface area contributed by atoms with E-state index >= 15 is 0 Å². The zero-order valence-corrected chi connectivity index (χ0v) is 21.3. The minimum absolute atomic E-state index is 0.188. The molecule has 2 fully saturated rings. The van der Waals surface area contributed by atoms with Crippen molar-refractivity contribution < 1.29 is 36.4 Å². The molecule has 10 heteroatoms. The maximum atomic E-state index is 12.5. The van der Waals surface area contributed by atoms with Crippen LogP contribution < -0.4 is 4.72 Å². The van der Waals surface area contributed by atoms with Gasteiger partial charge in [0.05, 0.1) is 11.8 Å². The maximum Gasteiger partial charge on any atom is 0.414 e. The molecule has 0 radical (unpaired) electrons. The van der Waals surface area contributed by atoms with Crippen molar-refractivity contribution in [1.82, 2.24) is 0 Å². The second-order valence-corrected chi connectivity index (χ2v) is 12.2. The van der Waals surface area contributed by atoms with E-state index in [1.807, 2.05) is 6.07 Å². The molecule has 0 bridgehead atoms. The van der Waals surface area contributed by atoms with E-state index in [2.05, 4.69) is 23.8 Å². The Hall–Kier alpha value is -1.62. The van der Waals surface area contributed by atoms with Gasteiger partial charge in [-0.05, 0) is 104 Å². The molecule has 3 aliphatic carbocycles. The number of nitrogens with one attached hydrogen (secondary N) is 1. The molecule has 0 aromatic heterocycles. The van der Waals surface area contributed by atoms with Gasteiger partial charge < -0.3 is 10.2 Å². The third-order valence-corrected chi connectivity index (χ3v) is 9.55. The number of alkyl halides is 3. The topological polar surface area (TPSA) is 107 Å². The Balaban J connectivity index is 1.56. The number of fused-ring (bicyclic) bond motifs is 5. The van der Waals surface area contributed by atoms with Crippen LogP contribution in [-0.2, 0) is 16.7 Å². The van der Waals surface area contributed by atoms with Crippen molar-refractivity contribution in [2.75, 3.05) is 4.72 Å². The quantitative estimate of drug-likeness (QED) is 0.201. The Morgan fingerprint density at radius 2 is 1.94 bits per heavy atom. The van der Waals surface area contributed by atoms with Crippen LogP contribution in [0.25, 0.3) is 0 Å². The Kier molecular flexibility index (Phi) is 7.56. The summed E-state index contributed by atoms with van der Waals surface area (Å²) in [5.41, 5.74) is 2.13. The zero-order chi connectivity index (χ0) is 26.4. The number of hydrogen-bond donors (Lipinski definition) is 4. The fraction of sp³-hybridized carbons (Fsp3) is 0.692. The van der Waals surface area contributed by atoms with Crippen LogP contribution in [0, 0.1) is 16.7 Å². The predicted octanol–water partition coefficient (Wildman–Crippen LogP) is 5.53. The van der Waals surface area contributed by atoms with Gasteiger partial charge >= 0.3 is 16.5 Å². The molecule has 0 heterocycles. The van der Waals surface area contributed by atoms with E-state index in [9.17, 15) is 31.8 Å². The number of aryl methyl sites for hydroxylation is 1. The van der Waals surface area contributed by atoms with Gasteiger partial charge in [-0.3, -0.25) is 9.27 Å². The molecule has 0 spiro atoms. The summed E-state index contributed by atoms with van der Waals surface area (Å²) < 4.78 is 71.4. The summed E-state index contributed by atoms with van der Waals surface area (Å²) in [7, 11) is -4.37. The van der Waals surface area contributed by atoms with Crippen LogP contribution in [0.3, 0.4) is 0 Å². The van der Waals surface area contributed by atoms with Gasteiger partial charge in [-0.2, -0.15) is 21.6 Å². The lowest BCUT2D eigenvalue weighted by Crippen LogP contribution is -2.50. The third kappa shape index (κ3) is 5.33. The molecule has 1 aromatic rings. The standard InChI is InChI=1S/C26H36F3NO5S/c1-24-14-12-20-19-8-7-18(30-36(33,34)35)16-17(19)11-15-25(20,21(24)9-10-22(24)31)13-5-3-2-4-6-23(32)26(27,28)29/h5,7-8,13,16,20-23,30-32H,2-4,6,9-12,14-15H2,1H3,(H,33,34,35)/t20?,21?,22-,23+,24-,25?/m0/s1. The highest BCUT2D eigenvalue weighted by molar-refractivity contribution is 7.87. The minimum Gasteiger partial charge on any atom is -0.393 e. The predicted molar refractivity (Wildman–Crippen MR) is 131 cm³/mol. The number of aliphatic hydroxyl groups excluding tert-OH is 2. The van der Waals surface area contributed by atoms with E-state index in [4.69, 9.17) is 4.55 Å². The van der Waals surface area contributed by atoms with Crippen LogP contribution in [0.5, 0.6) is 0 Å². The first-order valence-electron chi connectivity index (χ1n) is 12.7. The Labute approximate surface area is 210 Å². The SMILES string of the molecule is C[C@]12CCC3c4ccc(NS(=O)(=O)O)cc4CCC3(C=CCCCC[C@@H](O)C(F)(F)F)C1CC[C@@H]2O. The highest BCUT2D eigenvalue weighted by Crippen LogP contribution is 2.67. The van der Waals surface area contributed by atoms with Crippen LogP contribution in [0.4, 0.5) is 18.9 Å². The Morgan fingerprint density at radius 1 is 1.19 bits per heavy atom. The number of hydrogen-bond acceptors (Lipinski definition) is 4. The number of benzene rings is 1. The largest absolute Gasteiger partial charge is 0.414 e. The summed E-state index contributed by atoms with van der Waals surface area (Å²) in [4.78, 5) is 0. The second kappa shape index (κ2) is 9.93. The zero-order valence-electron chi connectivity index (χ0n) is 20.5. The lowest BCUT2D eigenvalue weighted by molar-refractivity contribution is -0.205. The fourth-order valence-electron chi connectivity index (χ4n) is 7.31. The summed E-state index contributed by atoms with van der Waals surface area (Å²) in [6.07, 6.45) is 3.25. The number of aliphatic hydroxyl groups is 2. The minimum atomic E-state index is -4.58. The van der Waals surface area contributed by atoms with Gasteiger partial charge in [0.1, 0.15) is 6.10 Å². The van der Waals surface area contributed by atoms with Crippen molar-refractivity contribution in [2.45, 2.75) is 95.4 Å². The molecule has 0 aliphatic heterocycles. The lowest BCUT2D eigenvalue weighted by Gasteiger charge is -2.57. The van der Waals surface area contributed by atoms with E-state index in [0.29, 0.717) is 18.5 Å². The smallest absolute Gasteiger partial charge is 0.393 e. The van der Waals surface area contributed by atoms with Crippen molar-refractivity contribution in [1.29, 1.82) is 0 Å². The molecule has 1 aromatic carbocycles. The molecule has 36 heavy (non-hydrogen) atoms. The molecular formula is C26H36F3NO5S. The first-order chi connectivity index (χ1) is 16.8. The van der Waals surface area contributed by atoms with Crippen LogP contribution >= 0.6 is 0 Å². The molecule has 4 rings (SSSR count). The van der Waals surface area contributed by atoms with Gasteiger partial charge in [0, 0.05) is 0 Å². The average molecular weight is 532 g/mol. The first-order valence-corrected chi connectivity index (χ1v) is 14.2. The lowest BCUT2D eigenvalue weighted by atomic mass is 9.47. The van der Waals surface area contributed by atoms with Gasteiger partial charge in [0.2, 0.25) is 0 Å². The number of anilines is 1. The van der Waals surface area contributed by atoms with E-state index < -0.39 is 22.6 Å². The first kappa shape index (κ1) is 27.4. The fourth-order valence-corrected chi connectivity index (χ4v) is 7.73. The second-order valence-electron chi connectivity index (χ2n) is 11.1. The van der Waals surface area contributed by atoms with Crippen LogP contribution in [0.1, 0.15) is 81.8 Å². The van der Waals surface area contributed by atoms with Crippen LogP contribution in [-0.4, -0.2) is 41.6 Å². The molecule has 0 saturated heterocycles. The van der Waals surface area contributed by atoms with Gasteiger partial charge in [0.25, 0.3) is 0 Å². The molecule has 202 valence electrons. The number of rotatable bonds is 8. The highest BCUT2D eigenvalue weighted by atomic mass is 32.2. The van der Waals surface area contributed by atoms with Crippen molar-refractivity contribution >= 4 is 16.0 Å². The maximum absolute atomic E-state index is 12.5. The number of halogens is 3. The number of allylic oxidation sites excluding steroid dienone is 2. The Bertz CT molecular complexity index is 1090.